The number of hydrogen-bond donors (Lipinski definition) is 2. The third kappa shape index (κ3) is 2.85. The second kappa shape index (κ2) is 4.87. The van der Waals surface area contributed by atoms with E-state index in [1.54, 1.807) is 7.11 Å². The molecule has 1 fully saturated rings. The average Bonchev–Trinajstić information content (AvgIpc) is 2.21. The molecule has 1 saturated carbocycles. The minimum absolute atomic E-state index is 0.103. The van der Waals surface area contributed by atoms with Gasteiger partial charge in [0, 0.05) is 25.1 Å². The van der Waals surface area contributed by atoms with Gasteiger partial charge in [0.05, 0.1) is 6.10 Å². The van der Waals surface area contributed by atoms with Crippen molar-refractivity contribution in [2.45, 2.75) is 44.8 Å². The quantitative estimate of drug-likeness (QED) is 0.832. The lowest BCUT2D eigenvalue weighted by Crippen LogP contribution is -2.40. The van der Waals surface area contributed by atoms with Gasteiger partial charge in [-0.1, -0.05) is 13.8 Å². The summed E-state index contributed by atoms with van der Waals surface area (Å²) in [6, 6.07) is 1.88. The number of rotatable bonds is 4. The second-order valence-corrected chi connectivity index (χ2v) is 4.84. The Bertz CT molecular complexity index is 436. The van der Waals surface area contributed by atoms with Crippen LogP contribution in [0.25, 0.3) is 0 Å². The van der Waals surface area contributed by atoms with E-state index in [-0.39, 0.29) is 11.5 Å². The zero-order valence-corrected chi connectivity index (χ0v) is 10.5. The smallest absolute Gasteiger partial charge is 0.252 e. The van der Waals surface area contributed by atoms with Gasteiger partial charge in [-0.05, 0) is 12.8 Å². The van der Waals surface area contributed by atoms with E-state index in [0.717, 1.165) is 18.7 Å². The maximum atomic E-state index is 11.5. The third-order valence-corrected chi connectivity index (χ3v) is 3.09. The first-order valence-electron chi connectivity index (χ1n) is 5.99. The van der Waals surface area contributed by atoms with Gasteiger partial charge in [-0.25, -0.2) is 4.98 Å². The van der Waals surface area contributed by atoms with Crippen LogP contribution < -0.4 is 10.9 Å². The molecule has 5 heteroatoms. The van der Waals surface area contributed by atoms with Crippen molar-refractivity contribution in [1.82, 2.24) is 9.97 Å². The summed E-state index contributed by atoms with van der Waals surface area (Å²) in [6.45, 7) is 4.01. The Balaban J connectivity index is 2.04. The zero-order chi connectivity index (χ0) is 12.4. The number of ether oxygens (including phenoxy) is 1. The number of nitrogens with zero attached hydrogens (tertiary/aromatic N) is 1. The number of methoxy groups -OCH3 is 1. The minimum Gasteiger partial charge on any atom is -0.381 e. The summed E-state index contributed by atoms with van der Waals surface area (Å²) in [5, 5.41) is 3.27. The van der Waals surface area contributed by atoms with E-state index >= 15 is 0 Å². The molecule has 0 atom stereocenters. The molecule has 0 bridgehead atoms. The molecule has 94 valence electrons. The van der Waals surface area contributed by atoms with E-state index < -0.39 is 0 Å². The fourth-order valence-electron chi connectivity index (χ4n) is 1.91. The second-order valence-electron chi connectivity index (χ2n) is 4.84. The molecule has 1 aromatic rings. The largest absolute Gasteiger partial charge is 0.381 e. The number of hydrogen-bond acceptors (Lipinski definition) is 4. The van der Waals surface area contributed by atoms with Crippen molar-refractivity contribution in [3.8, 4) is 0 Å². The Kier molecular flexibility index (Phi) is 3.47. The van der Waals surface area contributed by atoms with Gasteiger partial charge < -0.3 is 15.0 Å². The highest BCUT2D eigenvalue weighted by atomic mass is 16.5. The van der Waals surface area contributed by atoms with Gasteiger partial charge >= 0.3 is 0 Å². The van der Waals surface area contributed by atoms with Crippen LogP contribution in [-0.4, -0.2) is 29.2 Å². The monoisotopic (exact) mass is 237 g/mol. The molecule has 2 N–H and O–H groups in total. The summed E-state index contributed by atoms with van der Waals surface area (Å²) in [5.74, 6) is 1.61. The molecule has 0 amide bonds. The first kappa shape index (κ1) is 12.1. The van der Waals surface area contributed by atoms with E-state index in [9.17, 15) is 4.79 Å². The molecule has 0 aliphatic heterocycles. The van der Waals surface area contributed by atoms with Crippen molar-refractivity contribution in [2.24, 2.45) is 0 Å². The maximum absolute atomic E-state index is 11.5. The van der Waals surface area contributed by atoms with Crippen LogP contribution >= 0.6 is 0 Å². The van der Waals surface area contributed by atoms with Crippen LogP contribution in [0.3, 0.4) is 0 Å². The standard InChI is InChI=1S/C12H19N3O2/c1-7(2)12-14-10(6-11(16)15-12)13-8-4-9(5-8)17-3/h6-9H,4-5H2,1-3H3,(H2,13,14,15,16). The Hall–Kier alpha value is -1.36. The van der Waals surface area contributed by atoms with Gasteiger partial charge in [0.15, 0.2) is 0 Å². The molecule has 1 aromatic heterocycles. The highest BCUT2D eigenvalue weighted by Gasteiger charge is 2.29. The molecule has 5 nitrogen and oxygen atoms in total. The number of nitrogens with one attached hydrogen (secondary N) is 2. The number of H-pyrrole nitrogens is 1. The number of aromatic nitrogens is 2. The van der Waals surface area contributed by atoms with Crippen molar-refractivity contribution >= 4 is 5.82 Å². The summed E-state index contributed by atoms with van der Waals surface area (Å²) in [7, 11) is 1.73. The highest BCUT2D eigenvalue weighted by Crippen LogP contribution is 2.25. The SMILES string of the molecule is COC1CC(Nc2cc(=O)[nH]c(C(C)C)n2)C1. The fraction of sp³-hybridized carbons (Fsp3) is 0.667. The summed E-state index contributed by atoms with van der Waals surface area (Å²) in [4.78, 5) is 18.6. The molecule has 1 heterocycles. The Morgan fingerprint density at radius 1 is 1.53 bits per heavy atom. The lowest BCUT2D eigenvalue weighted by molar-refractivity contribution is 0.0328. The van der Waals surface area contributed by atoms with E-state index in [1.807, 2.05) is 13.8 Å². The van der Waals surface area contributed by atoms with E-state index in [4.69, 9.17) is 4.74 Å². The summed E-state index contributed by atoms with van der Waals surface area (Å²) < 4.78 is 5.21. The van der Waals surface area contributed by atoms with E-state index in [1.165, 1.54) is 6.07 Å². The lowest BCUT2D eigenvalue weighted by atomic mass is 9.89. The maximum Gasteiger partial charge on any atom is 0.252 e. The predicted molar refractivity (Wildman–Crippen MR) is 66.4 cm³/mol. The lowest BCUT2D eigenvalue weighted by Gasteiger charge is -2.34. The van der Waals surface area contributed by atoms with E-state index in [0.29, 0.717) is 18.0 Å². The predicted octanol–water partition coefficient (Wildman–Crippen LogP) is 1.48. The molecule has 0 saturated heterocycles. The fourth-order valence-corrected chi connectivity index (χ4v) is 1.91. The molecular weight excluding hydrogens is 218 g/mol. The van der Waals surface area contributed by atoms with Crippen LogP contribution in [0.5, 0.6) is 0 Å². The van der Waals surface area contributed by atoms with Gasteiger partial charge in [0.1, 0.15) is 11.6 Å². The summed E-state index contributed by atoms with van der Waals surface area (Å²) in [6.07, 6.45) is 2.29. The Labute approximate surface area is 101 Å². The minimum atomic E-state index is -0.103. The molecule has 1 aliphatic carbocycles. The van der Waals surface area contributed by atoms with Crippen LogP contribution in [0.1, 0.15) is 38.4 Å². The van der Waals surface area contributed by atoms with Crippen LogP contribution in [0, 0.1) is 0 Å². The normalized spacial score (nSPS) is 23.5. The zero-order valence-electron chi connectivity index (χ0n) is 10.5. The van der Waals surface area contributed by atoms with Crippen LogP contribution in [0.4, 0.5) is 5.82 Å². The van der Waals surface area contributed by atoms with Crippen molar-refractivity contribution in [3.05, 3.63) is 22.2 Å². The topological polar surface area (TPSA) is 67.0 Å². The summed E-state index contributed by atoms with van der Waals surface area (Å²) in [5.41, 5.74) is -0.103. The van der Waals surface area contributed by atoms with Gasteiger partial charge in [-0.15, -0.1) is 0 Å². The van der Waals surface area contributed by atoms with Gasteiger partial charge in [0.25, 0.3) is 5.56 Å². The van der Waals surface area contributed by atoms with Crippen molar-refractivity contribution < 1.29 is 4.74 Å². The van der Waals surface area contributed by atoms with Crippen molar-refractivity contribution in [1.29, 1.82) is 0 Å². The molecule has 0 aromatic carbocycles. The summed E-state index contributed by atoms with van der Waals surface area (Å²) >= 11 is 0. The van der Waals surface area contributed by atoms with Gasteiger partial charge in [-0.2, -0.15) is 0 Å². The number of anilines is 1. The number of aromatic amines is 1. The van der Waals surface area contributed by atoms with Crippen molar-refractivity contribution in [3.63, 3.8) is 0 Å². The Morgan fingerprint density at radius 3 is 2.82 bits per heavy atom. The molecular formula is C12H19N3O2. The van der Waals surface area contributed by atoms with Crippen LogP contribution in [-0.2, 0) is 4.74 Å². The van der Waals surface area contributed by atoms with Crippen molar-refractivity contribution in [2.75, 3.05) is 12.4 Å². The molecule has 0 radical (unpaired) electrons. The molecule has 0 spiro atoms. The Morgan fingerprint density at radius 2 is 2.24 bits per heavy atom. The third-order valence-electron chi connectivity index (χ3n) is 3.09. The van der Waals surface area contributed by atoms with Crippen LogP contribution in [0.2, 0.25) is 0 Å². The first-order chi connectivity index (χ1) is 8.08. The molecule has 17 heavy (non-hydrogen) atoms. The van der Waals surface area contributed by atoms with Gasteiger partial charge in [-0.3, -0.25) is 4.79 Å². The molecule has 1 aliphatic rings. The van der Waals surface area contributed by atoms with Crippen LogP contribution in [0.15, 0.2) is 10.9 Å². The molecule has 2 rings (SSSR count). The highest BCUT2D eigenvalue weighted by molar-refractivity contribution is 5.35. The average molecular weight is 237 g/mol. The van der Waals surface area contributed by atoms with Gasteiger partial charge in [0.2, 0.25) is 0 Å². The molecule has 0 unspecified atom stereocenters. The first-order valence-corrected chi connectivity index (χ1v) is 5.99. The van der Waals surface area contributed by atoms with E-state index in [2.05, 4.69) is 15.3 Å².